The van der Waals surface area contributed by atoms with Gasteiger partial charge in [-0.05, 0) is 42.5 Å². The lowest BCUT2D eigenvalue weighted by atomic mass is 10.2. The van der Waals surface area contributed by atoms with Crippen LogP contribution in [0.5, 0.6) is 11.5 Å². The van der Waals surface area contributed by atoms with Crippen molar-refractivity contribution in [1.29, 1.82) is 0 Å². The zero-order valence-corrected chi connectivity index (χ0v) is 22.4. The maximum atomic E-state index is 11.8. The average molecular weight is 540 g/mol. The van der Waals surface area contributed by atoms with E-state index in [1.165, 1.54) is 12.5 Å². The first-order valence-electron chi connectivity index (χ1n) is 12.1. The number of nitrogens with one attached hydrogen (secondary N) is 1. The maximum Gasteiger partial charge on any atom is 0.175 e. The summed E-state index contributed by atoms with van der Waals surface area (Å²) in [4.78, 5) is 9.02. The van der Waals surface area contributed by atoms with E-state index >= 15 is 0 Å². The summed E-state index contributed by atoms with van der Waals surface area (Å²) in [6.45, 7) is 8.66. The van der Waals surface area contributed by atoms with Gasteiger partial charge in [-0.25, -0.2) is 13.4 Å². The number of nitrogens with two attached hydrogens (primary N) is 1. The molecule has 2 aliphatic heterocycles. The van der Waals surface area contributed by atoms with Gasteiger partial charge in [-0.3, -0.25) is 4.90 Å². The van der Waals surface area contributed by atoms with Gasteiger partial charge in [-0.2, -0.15) is 0 Å². The fourth-order valence-electron chi connectivity index (χ4n) is 4.05. The number of amidine groups is 1. The second kappa shape index (κ2) is 12.2. The van der Waals surface area contributed by atoms with Crippen LogP contribution in [0.3, 0.4) is 0 Å². The van der Waals surface area contributed by atoms with E-state index in [0.717, 1.165) is 44.2 Å². The van der Waals surface area contributed by atoms with Gasteiger partial charge in [0.05, 0.1) is 25.2 Å². The summed E-state index contributed by atoms with van der Waals surface area (Å²) in [7, 11) is -1.69. The zero-order valence-electron chi connectivity index (χ0n) is 21.6. The topological polar surface area (TPSA) is 119 Å². The van der Waals surface area contributed by atoms with Gasteiger partial charge in [0.1, 0.15) is 18.3 Å². The molecule has 3 N–H and O–H groups in total. The monoisotopic (exact) mass is 539 g/mol. The number of hydrogen-bond acceptors (Lipinski definition) is 9. The van der Waals surface area contributed by atoms with Crippen LogP contribution in [-0.2, 0) is 14.6 Å². The van der Waals surface area contributed by atoms with Gasteiger partial charge in [0.25, 0.3) is 0 Å². The smallest absolute Gasteiger partial charge is 0.175 e. The Hall–Kier alpha value is -3.80. The molecule has 38 heavy (non-hydrogen) atoms. The van der Waals surface area contributed by atoms with Crippen molar-refractivity contribution < 1.29 is 22.6 Å². The molecule has 0 spiro atoms. The molecular formula is C27H33N5O5S. The van der Waals surface area contributed by atoms with E-state index in [1.54, 1.807) is 31.4 Å². The molecule has 2 heterocycles. The van der Waals surface area contributed by atoms with Crippen LogP contribution >= 0.6 is 0 Å². The van der Waals surface area contributed by atoms with Gasteiger partial charge in [0.2, 0.25) is 0 Å². The number of rotatable bonds is 10. The Morgan fingerprint density at radius 3 is 2.58 bits per heavy atom. The van der Waals surface area contributed by atoms with Crippen molar-refractivity contribution in [2.24, 2.45) is 10.7 Å². The minimum atomic E-state index is -3.30. The first-order valence-corrected chi connectivity index (χ1v) is 14.0. The number of ether oxygens (including phenoxy) is 3. The highest BCUT2D eigenvalue weighted by atomic mass is 32.2. The number of morpholine rings is 1. The zero-order chi connectivity index (χ0) is 27.1. The Bertz CT molecular complexity index is 1350. The molecule has 2 aromatic rings. The van der Waals surface area contributed by atoms with Crippen molar-refractivity contribution in [2.75, 3.05) is 63.0 Å². The molecule has 4 rings (SSSR count). The number of hydrogen-bond donors (Lipinski definition) is 2. The highest BCUT2D eigenvalue weighted by molar-refractivity contribution is 7.90. The molecule has 0 aromatic heterocycles. The van der Waals surface area contributed by atoms with Crippen LogP contribution in [0.2, 0.25) is 0 Å². The summed E-state index contributed by atoms with van der Waals surface area (Å²) in [6.07, 6.45) is 6.27. The van der Waals surface area contributed by atoms with Gasteiger partial charge < -0.3 is 30.2 Å². The first kappa shape index (κ1) is 27.2. The molecule has 0 aliphatic carbocycles. The maximum absolute atomic E-state index is 11.8. The molecule has 1 saturated heterocycles. The number of nitrogens with zero attached hydrogens (tertiary/aromatic N) is 3. The number of sulfone groups is 1. The first-order chi connectivity index (χ1) is 18.3. The van der Waals surface area contributed by atoms with E-state index < -0.39 is 9.84 Å². The lowest BCUT2D eigenvalue weighted by molar-refractivity contribution is 0.0321. The summed E-state index contributed by atoms with van der Waals surface area (Å²) >= 11 is 0. The van der Waals surface area contributed by atoms with Gasteiger partial charge in [-0.1, -0.05) is 6.58 Å². The van der Waals surface area contributed by atoms with Gasteiger partial charge in [-0.15, -0.1) is 0 Å². The molecule has 0 unspecified atom stereocenters. The van der Waals surface area contributed by atoms with E-state index in [4.69, 9.17) is 19.9 Å². The van der Waals surface area contributed by atoms with E-state index in [0.29, 0.717) is 35.3 Å². The van der Waals surface area contributed by atoms with Crippen LogP contribution < -0.4 is 25.4 Å². The third kappa shape index (κ3) is 6.74. The summed E-state index contributed by atoms with van der Waals surface area (Å²) in [5, 5.41) is 3.20. The predicted octanol–water partition coefficient (Wildman–Crippen LogP) is 2.97. The summed E-state index contributed by atoms with van der Waals surface area (Å²) < 4.78 is 40.5. The summed E-state index contributed by atoms with van der Waals surface area (Å²) in [5.74, 6) is 2.17. The van der Waals surface area contributed by atoms with Crippen LogP contribution in [0, 0.1) is 0 Å². The largest absolute Gasteiger partial charge is 0.493 e. The van der Waals surface area contributed by atoms with Crippen LogP contribution in [0.25, 0.3) is 0 Å². The van der Waals surface area contributed by atoms with Crippen LogP contribution in [-0.4, -0.2) is 72.0 Å². The quantitative estimate of drug-likeness (QED) is 0.470. The van der Waals surface area contributed by atoms with Crippen molar-refractivity contribution in [3.05, 3.63) is 78.9 Å². The van der Waals surface area contributed by atoms with Crippen LogP contribution in [0.15, 0.2) is 88.8 Å². The lowest BCUT2D eigenvalue weighted by Crippen LogP contribution is -2.38. The highest BCUT2D eigenvalue weighted by Gasteiger charge is 2.21. The summed E-state index contributed by atoms with van der Waals surface area (Å²) in [6, 6.07) is 12.1. The van der Waals surface area contributed by atoms with Crippen molar-refractivity contribution in [3.63, 3.8) is 0 Å². The third-order valence-electron chi connectivity index (χ3n) is 6.07. The predicted molar refractivity (Wildman–Crippen MR) is 149 cm³/mol. The van der Waals surface area contributed by atoms with Gasteiger partial charge >= 0.3 is 0 Å². The van der Waals surface area contributed by atoms with E-state index in [2.05, 4.69) is 21.8 Å². The Labute approximate surface area is 223 Å². The van der Waals surface area contributed by atoms with Crippen LogP contribution in [0.1, 0.15) is 0 Å². The van der Waals surface area contributed by atoms with Crippen molar-refractivity contribution in [1.82, 2.24) is 4.90 Å². The Kier molecular flexibility index (Phi) is 8.72. The minimum Gasteiger partial charge on any atom is -0.493 e. The van der Waals surface area contributed by atoms with Crippen molar-refractivity contribution in [3.8, 4) is 11.5 Å². The number of benzene rings is 2. The number of methoxy groups -OCH3 is 1. The lowest BCUT2D eigenvalue weighted by Gasteiger charge is -2.26. The molecule has 2 aliphatic rings. The normalized spacial score (nSPS) is 18.2. The van der Waals surface area contributed by atoms with Crippen LogP contribution in [0.4, 0.5) is 11.4 Å². The second-order valence-corrected chi connectivity index (χ2v) is 10.8. The molecule has 0 radical (unpaired) electrons. The molecule has 1 fully saturated rings. The Morgan fingerprint density at radius 2 is 1.92 bits per heavy atom. The molecule has 0 amide bonds. The van der Waals surface area contributed by atoms with Gasteiger partial charge in [0.15, 0.2) is 21.3 Å². The molecule has 0 bridgehead atoms. The van der Waals surface area contributed by atoms with Gasteiger partial charge in [0, 0.05) is 61.3 Å². The Balaban J connectivity index is 1.47. The fourth-order valence-corrected chi connectivity index (χ4v) is 4.68. The number of anilines is 2. The highest BCUT2D eigenvalue weighted by Crippen LogP contribution is 2.31. The SMILES string of the molecule is C=C(/N=C1\C(=C/N)C=CN1c1ccc(S(C)(=O)=O)cc1)Nc1ccc(OC)c(OCCN2CCOCC2)c1. The molecule has 10 nitrogen and oxygen atoms in total. The van der Waals surface area contributed by atoms with E-state index in [1.807, 2.05) is 35.4 Å². The van der Waals surface area contributed by atoms with Crippen molar-refractivity contribution in [2.45, 2.75) is 4.90 Å². The minimum absolute atomic E-state index is 0.242. The molecule has 202 valence electrons. The fraction of sp³-hybridized carbons (Fsp3) is 0.296. The van der Waals surface area contributed by atoms with E-state index in [9.17, 15) is 8.42 Å². The Morgan fingerprint density at radius 1 is 1.18 bits per heavy atom. The third-order valence-corrected chi connectivity index (χ3v) is 7.20. The molecule has 2 aromatic carbocycles. The molecule has 11 heteroatoms. The molecule has 0 atom stereocenters. The molecule has 0 saturated carbocycles. The number of aliphatic imine (C=N–C) groups is 1. The molecular weight excluding hydrogens is 506 g/mol. The standard InChI is InChI=1S/C27H33N5O5S/c1-20(29-22-4-9-25(35-2)26(18-22)37-17-14-31-12-15-36-16-13-31)30-27-21(19-28)10-11-32(27)23-5-7-24(8-6-23)38(3,33)34/h4-11,18-19,29H,1,12-17,28H2,2-3H3/b21-19-,30-27+. The summed E-state index contributed by atoms with van der Waals surface area (Å²) in [5.41, 5.74) is 8.00. The van der Waals surface area contributed by atoms with E-state index in [-0.39, 0.29) is 4.90 Å². The average Bonchev–Trinajstić information content (AvgIpc) is 3.31. The van der Waals surface area contributed by atoms with Crippen molar-refractivity contribution >= 4 is 27.0 Å². The second-order valence-electron chi connectivity index (χ2n) is 8.75.